The minimum absolute atomic E-state index is 0.280. The van der Waals surface area contributed by atoms with E-state index in [1.54, 1.807) is 6.07 Å². The maximum Gasteiger partial charge on any atom is 0.411 e. The fourth-order valence-corrected chi connectivity index (χ4v) is 2.53. The number of carbonyl (C=O) groups is 1. The highest BCUT2D eigenvalue weighted by Gasteiger charge is 2.13. The predicted octanol–water partition coefficient (Wildman–Crippen LogP) is 4.71. The molecule has 0 fully saturated rings. The van der Waals surface area contributed by atoms with Gasteiger partial charge >= 0.3 is 6.09 Å². The summed E-state index contributed by atoms with van der Waals surface area (Å²) < 4.78 is 16.4. The molecule has 2 aromatic carbocycles. The summed E-state index contributed by atoms with van der Waals surface area (Å²) in [6.45, 7) is 6.87. The lowest BCUT2D eigenvalue weighted by Gasteiger charge is -2.17. The number of hydrogen-bond donors (Lipinski definition) is 1. The smallest absolute Gasteiger partial charge is 0.411 e. The van der Waals surface area contributed by atoms with Gasteiger partial charge < -0.3 is 14.2 Å². The Bertz CT molecular complexity index is 728. The number of nitrogens with one attached hydrogen (secondary N) is 1. The van der Waals surface area contributed by atoms with Gasteiger partial charge in [-0.15, -0.1) is 0 Å². The molecule has 25 heavy (non-hydrogen) atoms. The van der Waals surface area contributed by atoms with Gasteiger partial charge in [0.25, 0.3) is 0 Å². The van der Waals surface area contributed by atoms with Crippen molar-refractivity contribution in [1.82, 2.24) is 0 Å². The van der Waals surface area contributed by atoms with Crippen molar-refractivity contribution in [2.75, 3.05) is 19.0 Å². The second kappa shape index (κ2) is 8.97. The van der Waals surface area contributed by atoms with Crippen molar-refractivity contribution < 1.29 is 19.0 Å². The maximum atomic E-state index is 11.6. The zero-order valence-corrected chi connectivity index (χ0v) is 15.2. The van der Waals surface area contributed by atoms with Gasteiger partial charge in [-0.2, -0.15) is 0 Å². The van der Waals surface area contributed by atoms with E-state index in [4.69, 9.17) is 9.47 Å². The molecule has 0 bridgehead atoms. The summed E-state index contributed by atoms with van der Waals surface area (Å²) in [6, 6.07) is 11.6. The van der Waals surface area contributed by atoms with Crippen LogP contribution in [-0.2, 0) is 17.8 Å². The van der Waals surface area contributed by atoms with Gasteiger partial charge in [0, 0.05) is 0 Å². The van der Waals surface area contributed by atoms with Gasteiger partial charge in [-0.05, 0) is 49.6 Å². The predicted molar refractivity (Wildman–Crippen MR) is 98.5 cm³/mol. The molecule has 1 N–H and O–H groups in total. The number of methoxy groups -OCH3 is 1. The second-order valence-corrected chi connectivity index (χ2v) is 5.57. The highest BCUT2D eigenvalue weighted by molar-refractivity contribution is 5.86. The molecule has 2 aromatic rings. The number of aryl methyl sites for hydroxylation is 2. The first kappa shape index (κ1) is 18.6. The summed E-state index contributed by atoms with van der Waals surface area (Å²) in [5.41, 5.74) is 3.73. The number of benzene rings is 2. The molecule has 0 radical (unpaired) electrons. The van der Waals surface area contributed by atoms with Gasteiger partial charge in [0.2, 0.25) is 0 Å². The molecule has 0 spiro atoms. The molecule has 0 unspecified atom stereocenters. The van der Waals surface area contributed by atoms with Gasteiger partial charge in [0.15, 0.2) is 0 Å². The molecule has 0 aromatic heterocycles. The maximum absolute atomic E-state index is 11.6. The van der Waals surface area contributed by atoms with Crippen molar-refractivity contribution >= 4 is 11.8 Å². The van der Waals surface area contributed by atoms with Gasteiger partial charge in [-0.1, -0.05) is 25.1 Å². The summed E-state index contributed by atoms with van der Waals surface area (Å²) in [7, 11) is 1.33. The average Bonchev–Trinajstić information content (AvgIpc) is 2.62. The van der Waals surface area contributed by atoms with E-state index in [0.29, 0.717) is 18.0 Å². The van der Waals surface area contributed by atoms with Gasteiger partial charge in [0.05, 0.1) is 25.0 Å². The van der Waals surface area contributed by atoms with Crippen LogP contribution in [0.3, 0.4) is 0 Å². The van der Waals surface area contributed by atoms with Crippen LogP contribution < -0.4 is 14.8 Å². The number of ether oxygens (including phenoxy) is 3. The molecule has 5 heteroatoms. The van der Waals surface area contributed by atoms with Crippen molar-refractivity contribution in [2.24, 2.45) is 0 Å². The van der Waals surface area contributed by atoms with Crippen LogP contribution in [0.2, 0.25) is 0 Å². The Labute approximate surface area is 148 Å². The van der Waals surface area contributed by atoms with Crippen molar-refractivity contribution in [3.8, 4) is 11.5 Å². The minimum Gasteiger partial charge on any atom is -0.493 e. The van der Waals surface area contributed by atoms with Gasteiger partial charge in [-0.25, -0.2) is 4.79 Å². The Hall–Kier alpha value is -2.69. The fraction of sp³-hybridized carbons (Fsp3) is 0.350. The summed E-state index contributed by atoms with van der Waals surface area (Å²) in [4.78, 5) is 11.6. The highest BCUT2D eigenvalue weighted by atomic mass is 16.5. The van der Waals surface area contributed by atoms with Gasteiger partial charge in [0.1, 0.15) is 18.1 Å². The minimum atomic E-state index is -0.529. The zero-order valence-electron chi connectivity index (χ0n) is 15.2. The normalized spacial score (nSPS) is 10.2. The van der Waals surface area contributed by atoms with Crippen LogP contribution in [0.25, 0.3) is 0 Å². The van der Waals surface area contributed by atoms with E-state index in [-0.39, 0.29) is 6.61 Å². The molecule has 134 valence electrons. The van der Waals surface area contributed by atoms with E-state index in [1.165, 1.54) is 12.7 Å². The van der Waals surface area contributed by atoms with E-state index in [0.717, 1.165) is 23.3 Å². The SMILES string of the molecule is CCOc1cccc(NC(=O)OC)c1COc1ccc(CC)cc1C. The summed E-state index contributed by atoms with van der Waals surface area (Å²) in [5, 5.41) is 2.71. The first-order valence-corrected chi connectivity index (χ1v) is 8.41. The van der Waals surface area contributed by atoms with Gasteiger partial charge in [-0.3, -0.25) is 5.32 Å². The molecule has 2 rings (SSSR count). The summed E-state index contributed by atoms with van der Waals surface area (Å²) in [5.74, 6) is 1.49. The van der Waals surface area contributed by atoms with Crippen molar-refractivity contribution in [3.63, 3.8) is 0 Å². The monoisotopic (exact) mass is 343 g/mol. The third-order valence-electron chi connectivity index (χ3n) is 3.87. The second-order valence-electron chi connectivity index (χ2n) is 5.57. The van der Waals surface area contributed by atoms with Crippen LogP contribution in [0.4, 0.5) is 10.5 Å². The lowest BCUT2D eigenvalue weighted by Crippen LogP contribution is -2.14. The summed E-state index contributed by atoms with van der Waals surface area (Å²) in [6.07, 6.45) is 0.458. The standard InChI is InChI=1S/C20H25NO4/c1-5-15-10-11-18(14(3)12-15)25-13-16-17(21-20(22)23-4)8-7-9-19(16)24-6-2/h7-12H,5-6,13H2,1-4H3,(H,21,22). The van der Waals surface area contributed by atoms with E-state index in [9.17, 15) is 4.79 Å². The fourth-order valence-electron chi connectivity index (χ4n) is 2.53. The molecule has 0 saturated carbocycles. The molecule has 1 amide bonds. The van der Waals surface area contributed by atoms with Crippen LogP contribution >= 0.6 is 0 Å². The Morgan fingerprint density at radius 3 is 2.52 bits per heavy atom. The number of rotatable bonds is 7. The lowest BCUT2D eigenvalue weighted by atomic mass is 10.1. The molecule has 0 aliphatic heterocycles. The molecule has 0 aliphatic rings. The van der Waals surface area contributed by atoms with Crippen LogP contribution in [0.5, 0.6) is 11.5 Å². The Morgan fingerprint density at radius 2 is 1.88 bits per heavy atom. The van der Waals surface area contributed by atoms with Crippen molar-refractivity contribution in [2.45, 2.75) is 33.8 Å². The lowest BCUT2D eigenvalue weighted by molar-refractivity contribution is 0.187. The molecular weight excluding hydrogens is 318 g/mol. The van der Waals surface area contributed by atoms with Crippen LogP contribution in [0.15, 0.2) is 36.4 Å². The number of anilines is 1. The molecule has 0 aliphatic carbocycles. The van der Waals surface area contributed by atoms with Crippen LogP contribution in [0, 0.1) is 6.92 Å². The zero-order chi connectivity index (χ0) is 18.2. The molecule has 0 atom stereocenters. The molecular formula is C20H25NO4. The number of carbonyl (C=O) groups excluding carboxylic acids is 1. The molecule has 0 saturated heterocycles. The summed E-state index contributed by atoms with van der Waals surface area (Å²) >= 11 is 0. The Kier molecular flexibility index (Phi) is 6.69. The first-order valence-electron chi connectivity index (χ1n) is 8.41. The first-order chi connectivity index (χ1) is 12.1. The Balaban J connectivity index is 2.25. The topological polar surface area (TPSA) is 56.8 Å². The third kappa shape index (κ3) is 4.89. The van der Waals surface area contributed by atoms with E-state index < -0.39 is 6.09 Å². The van der Waals surface area contributed by atoms with Crippen LogP contribution in [0.1, 0.15) is 30.5 Å². The third-order valence-corrected chi connectivity index (χ3v) is 3.87. The largest absolute Gasteiger partial charge is 0.493 e. The van der Waals surface area contributed by atoms with E-state index in [2.05, 4.69) is 29.1 Å². The Morgan fingerprint density at radius 1 is 1.08 bits per heavy atom. The van der Waals surface area contributed by atoms with E-state index >= 15 is 0 Å². The quantitative estimate of drug-likeness (QED) is 0.791. The average molecular weight is 343 g/mol. The molecule has 0 heterocycles. The van der Waals surface area contributed by atoms with Crippen molar-refractivity contribution in [1.29, 1.82) is 0 Å². The highest BCUT2D eigenvalue weighted by Crippen LogP contribution is 2.29. The van der Waals surface area contributed by atoms with E-state index in [1.807, 2.05) is 32.0 Å². The van der Waals surface area contributed by atoms with Crippen molar-refractivity contribution in [3.05, 3.63) is 53.1 Å². The number of hydrogen-bond acceptors (Lipinski definition) is 4. The molecule has 5 nitrogen and oxygen atoms in total. The van der Waals surface area contributed by atoms with Crippen LogP contribution in [-0.4, -0.2) is 19.8 Å². The number of amides is 1.